The summed E-state index contributed by atoms with van der Waals surface area (Å²) in [6.07, 6.45) is 7.43. The van der Waals surface area contributed by atoms with Gasteiger partial charge in [0.05, 0.1) is 12.7 Å². The van der Waals surface area contributed by atoms with Crippen LogP contribution in [-0.2, 0) is 52.1 Å². The molecule has 0 fully saturated rings. The minimum atomic E-state index is -3.89. The van der Waals surface area contributed by atoms with Gasteiger partial charge in [0.2, 0.25) is 5.88 Å². The monoisotopic (exact) mass is 787 g/mol. The lowest BCUT2D eigenvalue weighted by Gasteiger charge is -2.45. The summed E-state index contributed by atoms with van der Waals surface area (Å²) in [5, 5.41) is 7.98. The molecule has 0 spiro atoms. The lowest BCUT2D eigenvalue weighted by atomic mass is 9.78. The highest BCUT2D eigenvalue weighted by atomic mass is 32.2. The maximum atomic E-state index is 16.3. The lowest BCUT2D eigenvalue weighted by Crippen LogP contribution is -2.54. The van der Waals surface area contributed by atoms with Crippen molar-refractivity contribution in [1.82, 2.24) is 14.5 Å². The fourth-order valence-corrected chi connectivity index (χ4v) is 12.0. The zero-order valence-corrected chi connectivity index (χ0v) is 35.2. The Morgan fingerprint density at radius 2 is 1.38 bits per heavy atom. The maximum Gasteiger partial charge on any atom is 0.331 e. The highest BCUT2D eigenvalue weighted by molar-refractivity contribution is 7.92. The summed E-state index contributed by atoms with van der Waals surface area (Å²) in [5.41, 5.74) is 6.22. The largest absolute Gasteiger partial charge is 0.474 e. The molecule has 0 radical (unpaired) electrons. The van der Waals surface area contributed by atoms with E-state index in [0.717, 1.165) is 60.9 Å². The molecule has 8 rings (SSSR count). The molecule has 5 aromatic rings. The summed E-state index contributed by atoms with van der Waals surface area (Å²) in [6, 6.07) is 31.3. The van der Waals surface area contributed by atoms with E-state index < -0.39 is 35.4 Å². The number of aryl methyl sites for hydroxylation is 2. The van der Waals surface area contributed by atoms with Gasteiger partial charge in [-0.25, -0.2) is 18.4 Å². The number of aromatic nitrogens is 2. The van der Waals surface area contributed by atoms with Crippen LogP contribution in [0.1, 0.15) is 79.5 Å². The maximum absolute atomic E-state index is 16.3. The van der Waals surface area contributed by atoms with Crippen LogP contribution in [0.2, 0.25) is 18.1 Å². The first-order chi connectivity index (χ1) is 26.7. The Labute approximate surface area is 332 Å². The molecule has 0 saturated carbocycles. The molecular formula is C45H53N5O4SSi. The van der Waals surface area contributed by atoms with Crippen LogP contribution in [0.25, 0.3) is 0 Å². The van der Waals surface area contributed by atoms with E-state index in [1.165, 1.54) is 22.3 Å². The van der Waals surface area contributed by atoms with E-state index in [1.807, 2.05) is 97.9 Å². The average molecular weight is 788 g/mol. The average Bonchev–Trinajstić information content (AvgIpc) is 3.94. The van der Waals surface area contributed by atoms with Gasteiger partial charge in [-0.2, -0.15) is 9.46 Å². The van der Waals surface area contributed by atoms with E-state index >= 15 is 4.21 Å². The number of urea groups is 1. The molecule has 2 unspecified atom stereocenters. The zero-order valence-electron chi connectivity index (χ0n) is 33.4. The predicted molar refractivity (Wildman–Crippen MR) is 225 cm³/mol. The van der Waals surface area contributed by atoms with Crippen molar-refractivity contribution < 1.29 is 18.2 Å². The molecule has 2 N–H and O–H groups in total. The number of nitrogens with one attached hydrogen (secondary N) is 2. The van der Waals surface area contributed by atoms with Gasteiger partial charge in [-0.1, -0.05) is 118 Å². The van der Waals surface area contributed by atoms with Crippen LogP contribution < -0.4 is 14.8 Å². The third kappa shape index (κ3) is 6.88. The quantitative estimate of drug-likeness (QED) is 0.114. The summed E-state index contributed by atoms with van der Waals surface area (Å²) < 4.78 is 40.0. The minimum absolute atomic E-state index is 0.00924. The van der Waals surface area contributed by atoms with Crippen molar-refractivity contribution in [1.29, 1.82) is 0 Å². The molecule has 2 aliphatic carbocycles. The number of carbonyl (C=O) groups is 1. The van der Waals surface area contributed by atoms with Gasteiger partial charge in [0, 0.05) is 5.69 Å². The van der Waals surface area contributed by atoms with Gasteiger partial charge in [-0.05, 0) is 103 Å². The molecule has 4 aromatic carbocycles. The molecular weight excluding hydrogens is 735 g/mol. The van der Waals surface area contributed by atoms with Gasteiger partial charge >= 0.3 is 6.03 Å². The van der Waals surface area contributed by atoms with Crippen LogP contribution in [0.15, 0.2) is 113 Å². The van der Waals surface area contributed by atoms with Gasteiger partial charge < -0.3 is 14.5 Å². The molecule has 11 heteroatoms. The van der Waals surface area contributed by atoms with Gasteiger partial charge in [0.15, 0.2) is 18.2 Å². The normalized spacial score (nSPS) is 18.9. The Morgan fingerprint density at radius 3 is 1.88 bits per heavy atom. The van der Waals surface area contributed by atoms with Crippen LogP contribution in [0.5, 0.6) is 5.88 Å². The Morgan fingerprint density at radius 1 is 0.857 bits per heavy atom. The van der Waals surface area contributed by atoms with Crippen LogP contribution in [0.3, 0.4) is 0 Å². The van der Waals surface area contributed by atoms with Crippen molar-refractivity contribution >= 4 is 30.0 Å². The highest BCUT2D eigenvalue weighted by Crippen LogP contribution is 2.45. The summed E-state index contributed by atoms with van der Waals surface area (Å²) in [6.45, 7) is 13.8. The van der Waals surface area contributed by atoms with E-state index in [-0.39, 0.29) is 16.5 Å². The number of fused-ring (bicyclic) bond motifs is 3. The Balaban J connectivity index is 1.31. The zero-order chi connectivity index (χ0) is 39.3. The molecule has 56 heavy (non-hydrogen) atoms. The van der Waals surface area contributed by atoms with Gasteiger partial charge in [-0.15, -0.1) is 0 Å². The predicted octanol–water partition coefficient (Wildman–Crippen LogP) is 9.59. The smallest absolute Gasteiger partial charge is 0.331 e. The molecule has 1 aliphatic heterocycles. The van der Waals surface area contributed by atoms with Crippen LogP contribution in [-0.4, -0.2) is 40.5 Å². The van der Waals surface area contributed by atoms with E-state index in [4.69, 9.17) is 18.6 Å². The van der Waals surface area contributed by atoms with Crippen molar-refractivity contribution in [3.8, 4) is 5.88 Å². The molecule has 0 bridgehead atoms. The first-order valence-electron chi connectivity index (χ1n) is 19.8. The third-order valence-corrected chi connectivity index (χ3v) is 18.6. The Bertz CT molecular complexity index is 2260. The number of amides is 2. The number of benzene rings is 4. The summed E-state index contributed by atoms with van der Waals surface area (Å²) in [5.74, 6) is 0.305. The number of hydrogen-bond acceptors (Lipinski definition) is 6. The van der Waals surface area contributed by atoms with Crippen molar-refractivity contribution in [2.75, 3.05) is 11.9 Å². The minimum Gasteiger partial charge on any atom is -0.474 e. The fourth-order valence-electron chi connectivity index (χ4n) is 8.47. The Hall–Kier alpha value is -4.71. The van der Waals surface area contributed by atoms with E-state index in [2.05, 4.69) is 50.0 Å². The van der Waals surface area contributed by atoms with E-state index in [1.54, 1.807) is 10.9 Å². The number of carbonyl (C=O) groups excluding carboxylic acids is 1. The van der Waals surface area contributed by atoms with Gasteiger partial charge in [0.1, 0.15) is 22.6 Å². The van der Waals surface area contributed by atoms with Crippen LogP contribution in [0.4, 0.5) is 10.5 Å². The molecule has 9 nitrogen and oxygen atoms in total. The molecule has 2 amide bonds. The van der Waals surface area contributed by atoms with Crippen molar-refractivity contribution in [2.24, 2.45) is 4.36 Å². The second kappa shape index (κ2) is 14.3. The molecule has 3 aliphatic rings. The topological polar surface area (TPSA) is 107 Å². The number of hydrogen-bond donors (Lipinski definition) is 2. The number of ether oxygens (including phenoxy) is 1. The summed E-state index contributed by atoms with van der Waals surface area (Å²) >= 11 is 0. The van der Waals surface area contributed by atoms with E-state index in [0.29, 0.717) is 12.4 Å². The summed E-state index contributed by atoms with van der Waals surface area (Å²) in [7, 11) is -6.08. The molecule has 0 saturated heterocycles. The first kappa shape index (κ1) is 38.2. The third-order valence-electron chi connectivity index (χ3n) is 12.1. The number of anilines is 1. The fraction of sp³-hybridized carbons (Fsp3) is 0.378. The van der Waals surface area contributed by atoms with Gasteiger partial charge in [0.25, 0.3) is 0 Å². The van der Waals surface area contributed by atoms with Crippen LogP contribution in [0, 0.1) is 0 Å². The second-order valence-electron chi connectivity index (χ2n) is 17.3. The van der Waals surface area contributed by atoms with Crippen molar-refractivity contribution in [2.45, 2.75) is 107 Å². The van der Waals surface area contributed by atoms with Crippen molar-refractivity contribution in [3.63, 3.8) is 0 Å². The highest BCUT2D eigenvalue weighted by Gasteiger charge is 2.47. The van der Waals surface area contributed by atoms with E-state index in [9.17, 15) is 4.79 Å². The molecule has 2 atom stereocenters. The van der Waals surface area contributed by atoms with Crippen molar-refractivity contribution in [3.05, 3.63) is 142 Å². The molecule has 292 valence electrons. The standard InChI is InChI=1S/C45H53N5O4SSi/c1-43(2,3)56(5,6)54-44(4)30-50-41(53-31-44)39(29-46-50)55(52,48-42(51)47-40-37-26-16-18-32(37)28-33-19-17-27-38(33)40)49-45(34-20-10-7-11-21-34,35-22-12-8-13-23-35)36-24-14-9-15-25-36/h7-15,20-25,28-29H,16-19,26-27,30-31H2,1-6H3,(H2,47,48,49,51,52). The first-order valence-corrected chi connectivity index (χ1v) is 24.2. The SMILES string of the molecule is CC1(O[Si](C)(C)C(C)(C)C)COc2c(S(=O)(=NC(c3ccccc3)(c3ccccc3)c3ccccc3)NC(=O)Nc3c4c(cc5c3CCC5)CCC4)cnn2C1. The summed E-state index contributed by atoms with van der Waals surface area (Å²) in [4.78, 5) is 14.8. The lowest BCUT2D eigenvalue weighted by molar-refractivity contribution is -0.0218. The molecule has 1 aromatic heterocycles. The van der Waals surface area contributed by atoms with Crippen LogP contribution >= 0.6 is 0 Å². The number of nitrogens with zero attached hydrogens (tertiary/aromatic N) is 3. The molecule has 2 heterocycles. The van der Waals surface area contributed by atoms with Gasteiger partial charge in [-0.3, -0.25) is 0 Å². The number of rotatable bonds is 9. The second-order valence-corrected chi connectivity index (χ2v) is 23.9. The Kier molecular flexibility index (Phi) is 9.78.